The molecular formula is C22H24F2IN5OP2. The first-order chi connectivity index (χ1) is 15.9. The van der Waals surface area contributed by atoms with E-state index in [-0.39, 0.29) is 24.0 Å². The number of rotatable bonds is 8. The zero-order valence-electron chi connectivity index (χ0n) is 18.2. The number of amides is 1. The van der Waals surface area contributed by atoms with Gasteiger partial charge in [0.1, 0.15) is 11.3 Å². The van der Waals surface area contributed by atoms with Gasteiger partial charge in [-0.2, -0.15) is 0 Å². The van der Waals surface area contributed by atoms with Gasteiger partial charge in [-0.15, -0.1) is 0 Å². The van der Waals surface area contributed by atoms with Crippen LogP contribution in [0.5, 0.6) is 0 Å². The van der Waals surface area contributed by atoms with Crippen molar-refractivity contribution in [2.24, 2.45) is 5.92 Å². The van der Waals surface area contributed by atoms with Crippen LogP contribution in [0.3, 0.4) is 0 Å². The molecule has 1 unspecified atom stereocenters. The minimum atomic E-state index is -2.72. The van der Waals surface area contributed by atoms with Crippen molar-refractivity contribution in [1.82, 2.24) is 14.3 Å². The van der Waals surface area contributed by atoms with Crippen molar-refractivity contribution in [2.75, 3.05) is 24.0 Å². The summed E-state index contributed by atoms with van der Waals surface area (Å²) in [4.78, 5) is 21.2. The number of hydrogen-bond donors (Lipinski definition) is 2. The van der Waals surface area contributed by atoms with Gasteiger partial charge >= 0.3 is 0 Å². The van der Waals surface area contributed by atoms with Gasteiger partial charge in [0.2, 0.25) is 5.91 Å². The summed E-state index contributed by atoms with van der Waals surface area (Å²) < 4.78 is 28.9. The van der Waals surface area contributed by atoms with Crippen molar-refractivity contribution >= 4 is 75.9 Å². The van der Waals surface area contributed by atoms with Crippen LogP contribution < -0.4 is 15.9 Å². The number of nitrogens with one attached hydrogen (secondary N) is 2. The Bertz CT molecular complexity index is 1230. The molecule has 1 amide bonds. The van der Waals surface area contributed by atoms with E-state index in [9.17, 15) is 13.6 Å². The Balaban J connectivity index is 1.60. The standard InChI is InChI=1S/C22H24F2IN5OP2/c1-33(2)16-9-13(11-3-4-11)7-8-14(16)26-15-10-17(28-22(31)12-5-6-12)27-20-18(15)29-21(19(23)24)30(20)32-25/h7-12,19,32H,3-6H2,1-2H3,(H2,26,27,28,31). The van der Waals surface area contributed by atoms with Crippen molar-refractivity contribution in [1.29, 1.82) is 0 Å². The minimum Gasteiger partial charge on any atom is -0.353 e. The number of imidazole rings is 1. The van der Waals surface area contributed by atoms with Crippen molar-refractivity contribution < 1.29 is 13.6 Å². The molecule has 0 aliphatic heterocycles. The Morgan fingerprint density at radius 1 is 1.18 bits per heavy atom. The predicted octanol–water partition coefficient (Wildman–Crippen LogP) is 6.50. The van der Waals surface area contributed by atoms with Crippen LogP contribution in [0.25, 0.3) is 11.2 Å². The summed E-state index contributed by atoms with van der Waals surface area (Å²) in [5.74, 6) is 0.627. The van der Waals surface area contributed by atoms with Gasteiger partial charge in [-0.3, -0.25) is 9.13 Å². The molecule has 5 rings (SSSR count). The first kappa shape index (κ1) is 23.3. The lowest BCUT2D eigenvalue weighted by Gasteiger charge is -2.17. The normalized spacial score (nSPS) is 16.5. The number of benzene rings is 1. The first-order valence-electron chi connectivity index (χ1n) is 10.8. The maximum absolute atomic E-state index is 13.7. The highest BCUT2D eigenvalue weighted by Gasteiger charge is 2.31. The van der Waals surface area contributed by atoms with Crippen LogP contribution in [0, 0.1) is 5.92 Å². The number of pyridine rings is 1. The summed E-state index contributed by atoms with van der Waals surface area (Å²) in [5, 5.41) is 7.55. The molecular weight excluding hydrogens is 577 g/mol. The van der Waals surface area contributed by atoms with Gasteiger partial charge in [-0.25, -0.2) is 18.7 Å². The lowest BCUT2D eigenvalue weighted by molar-refractivity contribution is -0.117. The van der Waals surface area contributed by atoms with E-state index < -0.39 is 14.3 Å². The molecule has 33 heavy (non-hydrogen) atoms. The van der Waals surface area contributed by atoms with Crippen LogP contribution in [0.2, 0.25) is 0 Å². The second-order valence-electron chi connectivity index (χ2n) is 8.75. The number of carbonyl (C=O) groups excluding carboxylic acids is 1. The van der Waals surface area contributed by atoms with Gasteiger partial charge in [-0.1, -0.05) is 14.0 Å². The lowest BCUT2D eigenvalue weighted by Crippen LogP contribution is -2.15. The summed E-state index contributed by atoms with van der Waals surface area (Å²) in [5.41, 5.74) is 3.60. The first-order valence-corrected chi connectivity index (χ1v) is 17.1. The quantitative estimate of drug-likeness (QED) is 0.229. The molecule has 2 aliphatic rings. The van der Waals surface area contributed by atoms with Crippen LogP contribution in [0.15, 0.2) is 24.3 Å². The highest BCUT2D eigenvalue weighted by Crippen LogP contribution is 2.43. The van der Waals surface area contributed by atoms with Crippen molar-refractivity contribution in [3.05, 3.63) is 35.7 Å². The minimum absolute atomic E-state index is 0.00445. The average molecular weight is 601 g/mol. The van der Waals surface area contributed by atoms with E-state index >= 15 is 0 Å². The molecule has 2 N–H and O–H groups in total. The van der Waals surface area contributed by atoms with Gasteiger partial charge in [0.05, 0.1) is 12.1 Å². The third kappa shape index (κ3) is 4.87. The van der Waals surface area contributed by atoms with Crippen LogP contribution >= 0.6 is 36.3 Å². The number of nitrogens with zero attached hydrogens (tertiary/aromatic N) is 3. The summed E-state index contributed by atoms with van der Waals surface area (Å²) in [6, 6.07) is 8.20. The topological polar surface area (TPSA) is 71.8 Å². The SMILES string of the molecule is CP(C)c1cc(C2CC2)ccc1Nc1cc(NC(=O)C2CC2)nc2c1nc(C(F)F)n2PI. The monoisotopic (exact) mass is 601 g/mol. The van der Waals surface area contributed by atoms with E-state index in [1.54, 1.807) is 6.07 Å². The van der Waals surface area contributed by atoms with Crippen LogP contribution in [-0.2, 0) is 4.79 Å². The smallest absolute Gasteiger partial charge is 0.295 e. The molecule has 174 valence electrons. The fourth-order valence-corrected chi connectivity index (χ4v) is 6.78. The number of hydrogen-bond acceptors (Lipinski definition) is 4. The van der Waals surface area contributed by atoms with Crippen molar-refractivity contribution in [3.63, 3.8) is 0 Å². The highest BCUT2D eigenvalue weighted by molar-refractivity contribution is 14.2. The Labute approximate surface area is 206 Å². The Hall–Kier alpha value is -1.44. The lowest BCUT2D eigenvalue weighted by atomic mass is 10.1. The number of carbonyl (C=O) groups is 1. The Kier molecular flexibility index (Phi) is 6.57. The van der Waals surface area contributed by atoms with Crippen LogP contribution in [0.4, 0.5) is 26.0 Å². The maximum Gasteiger partial charge on any atom is 0.295 e. The summed E-state index contributed by atoms with van der Waals surface area (Å²) >= 11 is 2.05. The third-order valence-electron chi connectivity index (χ3n) is 5.94. The Morgan fingerprint density at radius 2 is 1.94 bits per heavy atom. The highest BCUT2D eigenvalue weighted by atomic mass is 127. The van der Waals surface area contributed by atoms with E-state index in [1.165, 1.54) is 28.0 Å². The number of halogens is 3. The number of anilines is 3. The number of aromatic nitrogens is 3. The van der Waals surface area contributed by atoms with Crippen molar-refractivity contribution in [3.8, 4) is 0 Å². The molecule has 0 spiro atoms. The zero-order valence-corrected chi connectivity index (χ0v) is 22.3. The number of fused-ring (bicyclic) bond motifs is 1. The average Bonchev–Trinajstić information content (AvgIpc) is 3.69. The van der Waals surface area contributed by atoms with Gasteiger partial charge in [0, 0.05) is 17.7 Å². The van der Waals surface area contributed by atoms with E-state index in [0.717, 1.165) is 18.5 Å². The molecule has 1 aromatic carbocycles. The molecule has 2 aromatic heterocycles. The molecule has 2 saturated carbocycles. The van der Waals surface area contributed by atoms with Gasteiger partial charge in [0.15, 0.2) is 11.5 Å². The fraction of sp³-hybridized carbons (Fsp3) is 0.409. The molecule has 1 atom stereocenters. The van der Waals surface area contributed by atoms with E-state index in [1.807, 2.05) is 0 Å². The molecule has 2 heterocycles. The van der Waals surface area contributed by atoms with E-state index in [4.69, 9.17) is 0 Å². The van der Waals surface area contributed by atoms with E-state index in [2.05, 4.69) is 74.2 Å². The molecule has 3 aromatic rings. The van der Waals surface area contributed by atoms with Gasteiger partial charge < -0.3 is 10.6 Å². The van der Waals surface area contributed by atoms with E-state index in [0.29, 0.717) is 28.6 Å². The zero-order chi connectivity index (χ0) is 23.3. The molecule has 2 fully saturated rings. The molecule has 2 aliphatic carbocycles. The van der Waals surface area contributed by atoms with Crippen molar-refractivity contribution in [2.45, 2.75) is 38.0 Å². The third-order valence-corrected chi connectivity index (χ3v) is 9.33. The largest absolute Gasteiger partial charge is 0.353 e. The summed E-state index contributed by atoms with van der Waals surface area (Å²) in [6.07, 6.45) is 1.50. The predicted molar refractivity (Wildman–Crippen MR) is 142 cm³/mol. The van der Waals surface area contributed by atoms with Gasteiger partial charge in [-0.05, 0) is 90.0 Å². The Morgan fingerprint density at radius 3 is 2.55 bits per heavy atom. The van der Waals surface area contributed by atoms with Crippen LogP contribution in [0.1, 0.15) is 49.4 Å². The summed E-state index contributed by atoms with van der Waals surface area (Å²) in [7, 11) is -0.399. The van der Waals surface area contributed by atoms with Crippen LogP contribution in [-0.4, -0.2) is 33.5 Å². The second kappa shape index (κ2) is 9.31. The number of alkyl halides is 2. The fourth-order valence-electron chi connectivity index (χ4n) is 3.87. The molecule has 6 nitrogen and oxygen atoms in total. The molecule has 11 heteroatoms. The molecule has 0 bridgehead atoms. The molecule has 0 saturated heterocycles. The second-order valence-corrected chi connectivity index (χ2v) is 13.1. The maximum atomic E-state index is 13.7. The molecule has 0 radical (unpaired) electrons. The summed E-state index contributed by atoms with van der Waals surface area (Å²) in [6.45, 7) is 4.41. The van der Waals surface area contributed by atoms with Gasteiger partial charge in [0.25, 0.3) is 6.43 Å².